The number of carbonyl (C=O) groups is 3. The van der Waals surface area contributed by atoms with E-state index in [1.807, 2.05) is 0 Å². The van der Waals surface area contributed by atoms with Gasteiger partial charge in [-0.1, -0.05) is 0 Å². The molecule has 4 aliphatic rings. The summed E-state index contributed by atoms with van der Waals surface area (Å²) in [4.78, 5) is 41.0. The molecule has 1 aliphatic carbocycles. The highest BCUT2D eigenvalue weighted by molar-refractivity contribution is 6.02. The van der Waals surface area contributed by atoms with Crippen LogP contribution >= 0.6 is 0 Å². The van der Waals surface area contributed by atoms with Gasteiger partial charge in [-0.2, -0.15) is 0 Å². The Bertz CT molecular complexity index is 936. The molecule has 0 spiro atoms. The second-order valence-electron chi connectivity index (χ2n) is 8.48. The molecule has 3 aliphatic heterocycles. The van der Waals surface area contributed by atoms with Crippen molar-refractivity contribution in [2.75, 3.05) is 44.7 Å². The van der Waals surface area contributed by atoms with E-state index in [4.69, 9.17) is 4.74 Å². The molecule has 1 saturated carbocycles. The lowest BCUT2D eigenvalue weighted by Crippen LogP contribution is -2.47. The average Bonchev–Trinajstić information content (AvgIpc) is 3.44. The van der Waals surface area contributed by atoms with Crippen LogP contribution in [-0.4, -0.2) is 78.7 Å². The molecule has 7 nitrogen and oxygen atoms in total. The zero-order valence-electron chi connectivity index (χ0n) is 16.0. The number of likely N-dealkylation sites (N-methyl/N-ethyl adjacent to an activating group) is 1. The largest absolute Gasteiger partial charge is 0.482 e. The highest BCUT2D eigenvalue weighted by atomic mass is 19.2. The maximum atomic E-state index is 15.5. The first-order valence-electron chi connectivity index (χ1n) is 9.72. The molecule has 1 aromatic carbocycles. The quantitative estimate of drug-likeness (QED) is 0.757. The number of hydrogen-bond donors (Lipinski definition) is 0. The molecule has 1 aromatic rings. The van der Waals surface area contributed by atoms with Crippen molar-refractivity contribution in [1.29, 1.82) is 0 Å². The van der Waals surface area contributed by atoms with E-state index >= 15 is 8.78 Å². The normalized spacial score (nSPS) is 31.1. The summed E-state index contributed by atoms with van der Waals surface area (Å²) in [5.74, 6) is -0.906. The minimum absolute atomic E-state index is 0.0862. The van der Waals surface area contributed by atoms with Gasteiger partial charge in [-0.05, 0) is 37.0 Å². The fraction of sp³-hybridized carbons (Fsp3) is 0.550. The Morgan fingerprint density at radius 1 is 1.21 bits per heavy atom. The van der Waals surface area contributed by atoms with Gasteiger partial charge in [0.15, 0.2) is 12.3 Å². The van der Waals surface area contributed by atoms with Crippen molar-refractivity contribution in [2.45, 2.75) is 24.2 Å². The molecule has 3 fully saturated rings. The minimum atomic E-state index is -2.71. The number of hydrogen-bond acceptors (Lipinski definition) is 4. The Hall–Kier alpha value is -2.71. The number of likely N-dealkylation sites (tertiary alicyclic amines) is 2. The van der Waals surface area contributed by atoms with Crippen molar-refractivity contribution in [3.8, 4) is 5.75 Å². The van der Waals surface area contributed by atoms with Crippen molar-refractivity contribution in [3.63, 3.8) is 0 Å². The third-order valence-corrected chi connectivity index (χ3v) is 6.38. The van der Waals surface area contributed by atoms with Crippen molar-refractivity contribution in [1.82, 2.24) is 9.80 Å². The number of benzene rings is 1. The lowest BCUT2D eigenvalue weighted by atomic mass is 9.93. The molecule has 3 amide bonds. The van der Waals surface area contributed by atoms with Gasteiger partial charge in [0.2, 0.25) is 5.67 Å². The standard InChI is InChI=1S/C20H21F2N3O4/c1-23-14-6-13(4-5-15(14)29-8-16(23)26)17(27)25-10-19(21)9-24(7-12-2-3-12)18(28)20(19,22)11-25/h4-6,12H,2-3,7-11H2,1H3/t19-,20-/m0/s1. The van der Waals surface area contributed by atoms with Crippen LogP contribution in [-0.2, 0) is 9.59 Å². The summed E-state index contributed by atoms with van der Waals surface area (Å²) < 4.78 is 36.3. The number of nitrogens with zero attached hydrogens (tertiary/aromatic N) is 3. The van der Waals surface area contributed by atoms with Gasteiger partial charge in [0.25, 0.3) is 17.7 Å². The van der Waals surface area contributed by atoms with Crippen molar-refractivity contribution >= 4 is 23.4 Å². The SMILES string of the molecule is CN1C(=O)COc2ccc(C(=O)N3C[C@@]4(F)CN(CC5CC5)C(=O)[C@@]4(F)C3)cc21. The average molecular weight is 405 g/mol. The number of amides is 3. The first kappa shape index (κ1) is 18.3. The van der Waals surface area contributed by atoms with Gasteiger partial charge in [-0.15, -0.1) is 0 Å². The number of alkyl halides is 2. The van der Waals surface area contributed by atoms with Crippen LogP contribution in [0.1, 0.15) is 23.2 Å². The second-order valence-corrected chi connectivity index (χ2v) is 8.48. The minimum Gasteiger partial charge on any atom is -0.482 e. The zero-order valence-corrected chi connectivity index (χ0v) is 16.0. The fourth-order valence-corrected chi connectivity index (χ4v) is 4.44. The first-order chi connectivity index (χ1) is 13.7. The molecular weight excluding hydrogens is 384 g/mol. The highest BCUT2D eigenvalue weighted by Gasteiger charge is 2.71. The summed E-state index contributed by atoms with van der Waals surface area (Å²) in [6, 6.07) is 4.52. The summed E-state index contributed by atoms with van der Waals surface area (Å²) in [6.07, 6.45) is 1.96. The number of carbonyl (C=O) groups excluding carboxylic acids is 3. The van der Waals surface area contributed by atoms with E-state index in [1.54, 1.807) is 13.1 Å². The summed E-state index contributed by atoms with van der Waals surface area (Å²) >= 11 is 0. The molecular formula is C20H21F2N3O4. The van der Waals surface area contributed by atoms with Gasteiger partial charge in [-0.25, -0.2) is 8.78 Å². The Morgan fingerprint density at radius 2 is 1.97 bits per heavy atom. The zero-order chi connectivity index (χ0) is 20.6. The van der Waals surface area contributed by atoms with E-state index in [0.717, 1.165) is 17.7 Å². The molecule has 0 aromatic heterocycles. The topological polar surface area (TPSA) is 70.2 Å². The number of rotatable bonds is 3. The van der Waals surface area contributed by atoms with Gasteiger partial charge in [0, 0.05) is 19.2 Å². The molecule has 3 heterocycles. The van der Waals surface area contributed by atoms with Crippen LogP contribution in [0.15, 0.2) is 18.2 Å². The maximum absolute atomic E-state index is 15.5. The number of ether oxygens (including phenoxy) is 1. The van der Waals surface area contributed by atoms with E-state index in [2.05, 4.69) is 0 Å². The van der Waals surface area contributed by atoms with E-state index in [1.165, 1.54) is 21.9 Å². The molecule has 154 valence electrons. The van der Waals surface area contributed by atoms with Crippen molar-refractivity contribution < 1.29 is 27.9 Å². The van der Waals surface area contributed by atoms with Crippen LogP contribution in [0.3, 0.4) is 0 Å². The lowest BCUT2D eigenvalue weighted by molar-refractivity contribution is -0.139. The summed E-state index contributed by atoms with van der Waals surface area (Å²) in [5.41, 5.74) is -4.51. The van der Waals surface area contributed by atoms with Crippen LogP contribution in [0.5, 0.6) is 5.75 Å². The second kappa shape index (κ2) is 5.90. The van der Waals surface area contributed by atoms with Crippen molar-refractivity contribution in [2.24, 2.45) is 5.92 Å². The van der Waals surface area contributed by atoms with Crippen LogP contribution in [0.2, 0.25) is 0 Å². The highest BCUT2D eigenvalue weighted by Crippen LogP contribution is 2.47. The van der Waals surface area contributed by atoms with Crippen LogP contribution in [0.4, 0.5) is 14.5 Å². The van der Waals surface area contributed by atoms with Gasteiger partial charge in [0.1, 0.15) is 5.75 Å². The summed E-state index contributed by atoms with van der Waals surface area (Å²) in [5, 5.41) is 0. The molecule has 9 heteroatoms. The third kappa shape index (κ3) is 2.63. The van der Waals surface area contributed by atoms with Crippen molar-refractivity contribution in [3.05, 3.63) is 23.8 Å². The molecule has 2 atom stereocenters. The summed E-state index contributed by atoms with van der Waals surface area (Å²) in [7, 11) is 1.57. The first-order valence-corrected chi connectivity index (χ1v) is 9.72. The molecule has 0 bridgehead atoms. The van der Waals surface area contributed by atoms with E-state index < -0.39 is 36.2 Å². The van der Waals surface area contributed by atoms with Gasteiger partial charge in [-0.3, -0.25) is 14.4 Å². The predicted octanol–water partition coefficient (Wildman–Crippen LogP) is 1.17. The molecule has 5 rings (SSSR count). The number of anilines is 1. The number of halogens is 2. The maximum Gasteiger partial charge on any atom is 0.265 e. The fourth-order valence-electron chi connectivity index (χ4n) is 4.44. The monoisotopic (exact) mass is 405 g/mol. The van der Waals surface area contributed by atoms with E-state index in [0.29, 0.717) is 23.9 Å². The molecule has 2 saturated heterocycles. The molecule has 29 heavy (non-hydrogen) atoms. The van der Waals surface area contributed by atoms with Gasteiger partial charge >= 0.3 is 0 Å². The Balaban J connectivity index is 1.38. The Morgan fingerprint density at radius 3 is 2.66 bits per heavy atom. The van der Waals surface area contributed by atoms with Gasteiger partial charge in [0.05, 0.1) is 25.3 Å². The van der Waals surface area contributed by atoms with Crippen LogP contribution in [0, 0.1) is 5.92 Å². The molecule has 0 radical (unpaired) electrons. The van der Waals surface area contributed by atoms with Gasteiger partial charge < -0.3 is 19.4 Å². The van der Waals surface area contributed by atoms with E-state index in [-0.39, 0.29) is 24.6 Å². The van der Waals surface area contributed by atoms with Crippen LogP contribution in [0.25, 0.3) is 0 Å². The molecule has 0 N–H and O–H groups in total. The molecule has 0 unspecified atom stereocenters. The lowest BCUT2D eigenvalue weighted by Gasteiger charge is -2.27. The predicted molar refractivity (Wildman–Crippen MR) is 98.2 cm³/mol. The summed E-state index contributed by atoms with van der Waals surface area (Å²) in [6.45, 7) is -1.10. The smallest absolute Gasteiger partial charge is 0.265 e. The Labute approximate surface area is 166 Å². The third-order valence-electron chi connectivity index (χ3n) is 6.38. The van der Waals surface area contributed by atoms with Crippen LogP contribution < -0.4 is 9.64 Å². The Kier molecular flexibility index (Phi) is 3.73. The number of fused-ring (bicyclic) bond motifs is 2. The van der Waals surface area contributed by atoms with E-state index in [9.17, 15) is 14.4 Å².